The molecule has 2 saturated heterocycles. The molecule has 0 saturated carbocycles. The molecule has 0 spiro atoms. The fourth-order valence-corrected chi connectivity index (χ4v) is 6.44. The van der Waals surface area contributed by atoms with E-state index in [4.69, 9.17) is 20.3 Å². The number of nitrogens with zero attached hydrogens (tertiary/aromatic N) is 7. The number of likely N-dealkylation sites (tertiary alicyclic amines) is 1. The zero-order valence-electron chi connectivity index (χ0n) is 26.2. The van der Waals surface area contributed by atoms with Crippen LogP contribution in [-0.2, 0) is 9.53 Å². The second-order valence-corrected chi connectivity index (χ2v) is 12.2. The number of hydrogen-bond acceptors (Lipinski definition) is 9. The Labute approximate surface area is 267 Å². The molecule has 1 atom stereocenters. The SMILES string of the molecule is CCN(C1COC1)C(C)(C)/C=C(\C#N)C(=O)N1CCC[C@H](n2nc(-c3ccc(Oc4ccccc4)cc3F)c3c(N)ncnc32)C1. The van der Waals surface area contributed by atoms with Crippen LogP contribution in [0.4, 0.5) is 10.2 Å². The predicted molar refractivity (Wildman–Crippen MR) is 171 cm³/mol. The average molecular weight is 625 g/mol. The molecular weight excluding hydrogens is 587 g/mol. The molecule has 2 aliphatic rings. The van der Waals surface area contributed by atoms with E-state index in [2.05, 4.69) is 27.9 Å². The first-order valence-electron chi connectivity index (χ1n) is 15.5. The maximum atomic E-state index is 15.6. The van der Waals surface area contributed by atoms with Crippen LogP contribution in [0.5, 0.6) is 11.5 Å². The van der Waals surface area contributed by atoms with E-state index in [1.165, 1.54) is 12.4 Å². The summed E-state index contributed by atoms with van der Waals surface area (Å²) in [5.74, 6) is 0.242. The molecule has 4 aromatic rings. The van der Waals surface area contributed by atoms with E-state index in [1.807, 2.05) is 32.0 Å². The van der Waals surface area contributed by atoms with Crippen molar-refractivity contribution in [2.24, 2.45) is 0 Å². The molecular formula is C34H37FN8O3. The Kier molecular flexibility index (Phi) is 8.71. The summed E-state index contributed by atoms with van der Waals surface area (Å²) in [7, 11) is 0. The average Bonchev–Trinajstić information content (AvgIpc) is 3.42. The lowest BCUT2D eigenvalue weighted by atomic mass is 9.95. The van der Waals surface area contributed by atoms with Crippen molar-refractivity contribution in [1.29, 1.82) is 5.26 Å². The number of carbonyl (C=O) groups excluding carboxylic acids is 1. The summed E-state index contributed by atoms with van der Waals surface area (Å²) in [6, 6.07) is 15.8. The largest absolute Gasteiger partial charge is 0.457 e. The van der Waals surface area contributed by atoms with Crippen molar-refractivity contribution in [3.63, 3.8) is 0 Å². The van der Waals surface area contributed by atoms with E-state index in [-0.39, 0.29) is 34.9 Å². The molecule has 4 heterocycles. The number of anilines is 1. The van der Waals surface area contributed by atoms with Crippen molar-refractivity contribution >= 4 is 22.8 Å². The molecule has 0 unspecified atom stereocenters. The van der Waals surface area contributed by atoms with Crippen LogP contribution in [0.3, 0.4) is 0 Å². The molecule has 6 rings (SSSR count). The normalized spacial score (nSPS) is 17.6. The number of rotatable bonds is 9. The lowest BCUT2D eigenvalue weighted by Crippen LogP contribution is -2.57. The number of halogens is 1. The number of aromatic nitrogens is 4. The third-order valence-electron chi connectivity index (χ3n) is 8.71. The van der Waals surface area contributed by atoms with Crippen molar-refractivity contribution in [2.45, 2.75) is 51.2 Å². The van der Waals surface area contributed by atoms with Crippen LogP contribution in [0, 0.1) is 17.1 Å². The van der Waals surface area contributed by atoms with E-state index in [1.54, 1.807) is 39.9 Å². The van der Waals surface area contributed by atoms with Gasteiger partial charge in [0.1, 0.15) is 46.8 Å². The van der Waals surface area contributed by atoms with E-state index in [0.29, 0.717) is 67.4 Å². The van der Waals surface area contributed by atoms with Crippen molar-refractivity contribution in [2.75, 3.05) is 38.6 Å². The summed E-state index contributed by atoms with van der Waals surface area (Å²) in [5.41, 5.74) is 6.87. The van der Waals surface area contributed by atoms with Gasteiger partial charge >= 0.3 is 0 Å². The summed E-state index contributed by atoms with van der Waals surface area (Å²) in [6.07, 6.45) is 4.52. The van der Waals surface area contributed by atoms with Gasteiger partial charge in [-0.1, -0.05) is 25.1 Å². The molecule has 0 bridgehead atoms. The molecule has 238 valence electrons. The Bertz CT molecular complexity index is 1810. The number of nitriles is 1. The molecule has 12 heteroatoms. The van der Waals surface area contributed by atoms with Crippen LogP contribution < -0.4 is 10.5 Å². The predicted octanol–water partition coefficient (Wildman–Crippen LogP) is 5.12. The number of carbonyl (C=O) groups is 1. The van der Waals surface area contributed by atoms with Gasteiger partial charge < -0.3 is 20.1 Å². The summed E-state index contributed by atoms with van der Waals surface area (Å²) in [6.45, 7) is 8.94. The van der Waals surface area contributed by atoms with Gasteiger partial charge in [0.2, 0.25) is 0 Å². The van der Waals surface area contributed by atoms with Crippen LogP contribution in [0.1, 0.15) is 39.7 Å². The number of likely N-dealkylation sites (N-methyl/N-ethyl adjacent to an activating group) is 1. The van der Waals surface area contributed by atoms with Crippen molar-refractivity contribution in [1.82, 2.24) is 29.5 Å². The van der Waals surface area contributed by atoms with Gasteiger partial charge in [0.05, 0.1) is 30.7 Å². The van der Waals surface area contributed by atoms with Crippen LogP contribution in [0.2, 0.25) is 0 Å². The Balaban J connectivity index is 1.28. The minimum atomic E-state index is -0.537. The minimum Gasteiger partial charge on any atom is -0.457 e. The molecule has 11 nitrogen and oxygen atoms in total. The lowest BCUT2D eigenvalue weighted by Gasteiger charge is -2.45. The molecule has 2 aromatic heterocycles. The van der Waals surface area contributed by atoms with Crippen LogP contribution in [-0.4, -0.2) is 79.9 Å². The second-order valence-electron chi connectivity index (χ2n) is 12.2. The van der Waals surface area contributed by atoms with Gasteiger partial charge in [0.15, 0.2) is 5.65 Å². The third-order valence-corrected chi connectivity index (χ3v) is 8.71. The van der Waals surface area contributed by atoms with Gasteiger partial charge in [0.25, 0.3) is 5.91 Å². The highest BCUT2D eigenvalue weighted by molar-refractivity contribution is 5.99. The Morgan fingerprint density at radius 1 is 1.22 bits per heavy atom. The van der Waals surface area contributed by atoms with Gasteiger partial charge in [0, 0.05) is 30.3 Å². The molecule has 0 aliphatic carbocycles. The monoisotopic (exact) mass is 624 g/mol. The molecule has 2 N–H and O–H groups in total. The van der Waals surface area contributed by atoms with E-state index in [0.717, 1.165) is 6.54 Å². The molecule has 2 fully saturated rings. The first-order chi connectivity index (χ1) is 22.2. The fraction of sp³-hybridized carbons (Fsp3) is 0.382. The molecule has 0 radical (unpaired) electrons. The zero-order valence-corrected chi connectivity index (χ0v) is 26.2. The number of fused-ring (bicyclic) bond motifs is 1. The van der Waals surface area contributed by atoms with E-state index in [9.17, 15) is 10.1 Å². The van der Waals surface area contributed by atoms with Gasteiger partial charge in [-0.2, -0.15) is 10.4 Å². The first kappa shape index (κ1) is 31.1. The molecule has 2 aliphatic heterocycles. The first-order valence-corrected chi connectivity index (χ1v) is 15.5. The zero-order chi connectivity index (χ0) is 32.4. The van der Waals surface area contributed by atoms with Crippen LogP contribution in [0.25, 0.3) is 22.3 Å². The van der Waals surface area contributed by atoms with Crippen molar-refractivity contribution in [3.05, 3.63) is 72.3 Å². The fourth-order valence-electron chi connectivity index (χ4n) is 6.44. The Morgan fingerprint density at radius 2 is 2.00 bits per heavy atom. The van der Waals surface area contributed by atoms with Gasteiger partial charge in [-0.25, -0.2) is 19.0 Å². The topological polar surface area (TPSA) is 135 Å². The molecule has 46 heavy (non-hydrogen) atoms. The number of ether oxygens (including phenoxy) is 2. The minimum absolute atomic E-state index is 0.0989. The number of benzene rings is 2. The highest BCUT2D eigenvalue weighted by Gasteiger charge is 2.36. The summed E-state index contributed by atoms with van der Waals surface area (Å²) < 4.78 is 28.5. The van der Waals surface area contributed by atoms with Gasteiger partial charge in [-0.15, -0.1) is 0 Å². The van der Waals surface area contributed by atoms with Gasteiger partial charge in [-0.3, -0.25) is 9.69 Å². The van der Waals surface area contributed by atoms with E-state index < -0.39 is 11.4 Å². The molecule has 2 aromatic carbocycles. The smallest absolute Gasteiger partial charge is 0.264 e. The number of nitrogens with two attached hydrogens (primary N) is 1. The second kappa shape index (κ2) is 12.9. The Hall–Kier alpha value is -4.86. The van der Waals surface area contributed by atoms with Gasteiger partial charge in [-0.05, 0) is 63.6 Å². The number of amides is 1. The highest BCUT2D eigenvalue weighted by atomic mass is 19.1. The maximum Gasteiger partial charge on any atom is 0.264 e. The summed E-state index contributed by atoms with van der Waals surface area (Å²) >= 11 is 0. The van der Waals surface area contributed by atoms with Crippen LogP contribution >= 0.6 is 0 Å². The highest BCUT2D eigenvalue weighted by Crippen LogP contribution is 2.36. The lowest BCUT2D eigenvalue weighted by molar-refractivity contribution is -0.128. The standard InChI is InChI=1S/C34H37FN8O3/c1-4-42(24-19-45-20-24)34(2,3)16-22(17-36)33(44)41-14-8-9-23(18-41)43-32-29(31(37)38-21-39-32)30(40-43)27-13-12-26(15-28(27)35)46-25-10-6-5-7-11-25/h5-7,10-13,15-16,21,23-24H,4,8-9,14,18-20H2,1-3H3,(H2,37,38,39)/b22-16+/t23-/m0/s1. The number of hydrogen-bond donors (Lipinski definition) is 1. The number of nitrogen functional groups attached to an aromatic ring is 1. The van der Waals surface area contributed by atoms with Crippen molar-refractivity contribution in [3.8, 4) is 28.8 Å². The Morgan fingerprint density at radius 3 is 2.67 bits per heavy atom. The number of para-hydroxylation sites is 1. The van der Waals surface area contributed by atoms with Crippen molar-refractivity contribution < 1.29 is 18.7 Å². The molecule has 1 amide bonds. The van der Waals surface area contributed by atoms with E-state index >= 15 is 4.39 Å². The van der Waals surface area contributed by atoms with Crippen LogP contribution in [0.15, 0.2) is 66.5 Å². The number of piperidine rings is 1. The third kappa shape index (κ3) is 6.03. The summed E-state index contributed by atoms with van der Waals surface area (Å²) in [4.78, 5) is 26.3. The maximum absolute atomic E-state index is 15.6. The summed E-state index contributed by atoms with van der Waals surface area (Å²) in [5, 5.41) is 15.3. The quantitative estimate of drug-likeness (QED) is 0.199.